The minimum Gasteiger partial charge on any atom is -0.353 e. The molecule has 1 fully saturated rings. The Labute approximate surface area is 178 Å². The average Bonchev–Trinajstić information content (AvgIpc) is 2.77. The smallest absolute Gasteiger partial charge is 0.323 e. The summed E-state index contributed by atoms with van der Waals surface area (Å²) in [6.07, 6.45) is 0. The van der Waals surface area contributed by atoms with Crippen LogP contribution in [0.3, 0.4) is 0 Å². The number of urea groups is 1. The van der Waals surface area contributed by atoms with Crippen LogP contribution in [-0.4, -0.2) is 54.4 Å². The molecule has 0 aliphatic carbocycles. The second-order valence-electron chi connectivity index (χ2n) is 7.35. The third-order valence-corrected chi connectivity index (χ3v) is 5.09. The van der Waals surface area contributed by atoms with Crippen molar-refractivity contribution in [3.63, 3.8) is 0 Å². The Hall–Kier alpha value is -3.59. The zero-order chi connectivity index (χ0) is 21.8. The fourth-order valence-electron chi connectivity index (χ4n) is 3.29. The topological polar surface area (TPSA) is 73.4 Å². The summed E-state index contributed by atoms with van der Waals surface area (Å²) in [6, 6.07) is 13.1. The van der Waals surface area contributed by atoms with Gasteiger partial charge < -0.3 is 20.4 Å². The first-order valence-corrected chi connectivity index (χ1v) is 9.89. The van der Waals surface area contributed by atoms with Gasteiger partial charge >= 0.3 is 6.03 Å². The molecular weight excluding hydrogens is 402 g/mol. The third-order valence-electron chi connectivity index (χ3n) is 5.09. The summed E-state index contributed by atoms with van der Waals surface area (Å²) in [5.41, 5.74) is 1.83. The van der Waals surface area contributed by atoms with Crippen LogP contribution in [0.2, 0.25) is 0 Å². The maximum Gasteiger partial charge on any atom is 0.323 e. The first-order chi connectivity index (χ1) is 15.0. The van der Waals surface area contributed by atoms with Crippen molar-refractivity contribution in [2.75, 3.05) is 48.8 Å². The summed E-state index contributed by atoms with van der Waals surface area (Å²) in [5.74, 6) is -0.498. The Morgan fingerprint density at radius 2 is 1.65 bits per heavy atom. The van der Waals surface area contributed by atoms with E-state index >= 15 is 0 Å². The molecule has 2 heterocycles. The van der Waals surface area contributed by atoms with E-state index in [9.17, 15) is 13.6 Å². The van der Waals surface area contributed by atoms with Crippen molar-refractivity contribution in [3.05, 3.63) is 66.2 Å². The quantitative estimate of drug-likeness (QED) is 0.666. The minimum atomic E-state index is -0.717. The molecule has 0 radical (unpaired) electrons. The monoisotopic (exact) mass is 424 g/mol. The average molecular weight is 424 g/mol. The van der Waals surface area contributed by atoms with Gasteiger partial charge in [0.15, 0.2) is 5.82 Å². The number of carbonyl (C=O) groups excluding carboxylic acids is 1. The van der Waals surface area contributed by atoms with Gasteiger partial charge in [-0.05, 0) is 43.4 Å². The van der Waals surface area contributed by atoms with Gasteiger partial charge in [-0.15, -0.1) is 10.2 Å². The van der Waals surface area contributed by atoms with Gasteiger partial charge in [-0.2, -0.15) is 0 Å². The van der Waals surface area contributed by atoms with Crippen molar-refractivity contribution in [2.45, 2.75) is 0 Å². The van der Waals surface area contributed by atoms with Crippen LogP contribution in [0.25, 0.3) is 11.3 Å². The Kier molecular flexibility index (Phi) is 6.03. The molecule has 0 unspecified atom stereocenters. The first-order valence-electron chi connectivity index (χ1n) is 9.89. The van der Waals surface area contributed by atoms with Crippen molar-refractivity contribution in [2.24, 2.45) is 0 Å². The number of hydrogen-bond acceptors (Lipinski definition) is 5. The van der Waals surface area contributed by atoms with Gasteiger partial charge in [0.2, 0.25) is 0 Å². The number of likely N-dealkylation sites (N-methyl/N-ethyl adjacent to an activating group) is 1. The number of piperazine rings is 1. The van der Waals surface area contributed by atoms with Gasteiger partial charge in [-0.3, -0.25) is 0 Å². The predicted octanol–water partition coefficient (Wildman–Crippen LogP) is 3.82. The molecule has 1 aliphatic rings. The van der Waals surface area contributed by atoms with Gasteiger partial charge in [0.25, 0.3) is 0 Å². The van der Waals surface area contributed by atoms with Gasteiger partial charge in [-0.25, -0.2) is 13.6 Å². The Bertz CT molecular complexity index is 1050. The van der Waals surface area contributed by atoms with Crippen LogP contribution in [0.1, 0.15) is 0 Å². The summed E-state index contributed by atoms with van der Waals surface area (Å²) in [6.45, 7) is 3.84. The van der Waals surface area contributed by atoms with E-state index in [0.717, 1.165) is 61.5 Å². The summed E-state index contributed by atoms with van der Waals surface area (Å²) in [4.78, 5) is 16.6. The lowest BCUT2D eigenvalue weighted by molar-refractivity contribution is 0.262. The molecule has 0 atom stereocenters. The van der Waals surface area contributed by atoms with E-state index in [1.165, 1.54) is 0 Å². The number of nitrogens with one attached hydrogen (secondary N) is 2. The van der Waals surface area contributed by atoms with Crippen molar-refractivity contribution in [3.8, 4) is 11.3 Å². The van der Waals surface area contributed by atoms with E-state index in [4.69, 9.17) is 0 Å². The SMILES string of the molecule is CN1CCN(c2ccc(-c3ccc(NC(=O)Nc4cc(F)ccc4F)cc3)nn2)CC1. The van der Waals surface area contributed by atoms with Crippen molar-refractivity contribution in [1.82, 2.24) is 15.1 Å². The lowest BCUT2D eigenvalue weighted by Crippen LogP contribution is -2.44. The lowest BCUT2D eigenvalue weighted by atomic mass is 10.1. The van der Waals surface area contributed by atoms with Crippen LogP contribution in [0, 0.1) is 11.6 Å². The molecule has 0 spiro atoms. The highest BCUT2D eigenvalue weighted by Crippen LogP contribution is 2.22. The maximum absolute atomic E-state index is 13.6. The Morgan fingerprint density at radius 1 is 0.903 bits per heavy atom. The zero-order valence-corrected chi connectivity index (χ0v) is 17.0. The van der Waals surface area contributed by atoms with Crippen molar-refractivity contribution < 1.29 is 13.6 Å². The summed E-state index contributed by atoms with van der Waals surface area (Å²) >= 11 is 0. The van der Waals surface area contributed by atoms with Gasteiger partial charge in [-0.1, -0.05) is 12.1 Å². The van der Waals surface area contributed by atoms with E-state index in [1.54, 1.807) is 24.3 Å². The summed E-state index contributed by atoms with van der Waals surface area (Å²) in [5, 5.41) is 13.6. The van der Waals surface area contributed by atoms with Crippen LogP contribution >= 0.6 is 0 Å². The van der Waals surface area contributed by atoms with Gasteiger partial charge in [0.05, 0.1) is 11.4 Å². The molecule has 2 aromatic carbocycles. The molecule has 0 saturated carbocycles. The molecule has 31 heavy (non-hydrogen) atoms. The standard InChI is InChI=1S/C22H22F2N6O/c1-29-10-12-30(13-11-29)21-9-8-19(27-28-21)15-2-5-17(6-3-15)25-22(31)26-20-14-16(23)4-7-18(20)24/h2-9,14H,10-13H2,1H3,(H2,25,26,31). The minimum absolute atomic E-state index is 0.232. The number of nitrogens with zero attached hydrogens (tertiary/aromatic N) is 4. The van der Waals surface area contributed by atoms with Crippen LogP contribution in [0.4, 0.5) is 30.8 Å². The second-order valence-corrected chi connectivity index (χ2v) is 7.35. The number of carbonyl (C=O) groups is 1. The van der Waals surface area contributed by atoms with Crippen LogP contribution in [-0.2, 0) is 0 Å². The third kappa shape index (κ3) is 5.13. The van der Waals surface area contributed by atoms with E-state index in [0.29, 0.717) is 5.69 Å². The molecule has 2 N–H and O–H groups in total. The molecule has 1 aliphatic heterocycles. The Balaban J connectivity index is 1.37. The molecule has 160 valence electrons. The fourth-order valence-corrected chi connectivity index (χ4v) is 3.29. The molecular formula is C22H22F2N6O. The van der Waals surface area contributed by atoms with Crippen LogP contribution in [0.5, 0.6) is 0 Å². The molecule has 9 heteroatoms. The molecule has 2 amide bonds. The number of halogens is 2. The van der Waals surface area contributed by atoms with Crippen LogP contribution < -0.4 is 15.5 Å². The normalized spacial score (nSPS) is 14.4. The molecule has 3 aromatic rings. The van der Waals surface area contributed by atoms with E-state index < -0.39 is 17.7 Å². The van der Waals surface area contributed by atoms with Gasteiger partial charge in [0, 0.05) is 43.5 Å². The maximum atomic E-state index is 13.6. The summed E-state index contributed by atoms with van der Waals surface area (Å²) in [7, 11) is 2.11. The van der Waals surface area contributed by atoms with Gasteiger partial charge in [0.1, 0.15) is 11.6 Å². The summed E-state index contributed by atoms with van der Waals surface area (Å²) < 4.78 is 26.9. The number of aromatic nitrogens is 2. The zero-order valence-electron chi connectivity index (χ0n) is 17.0. The predicted molar refractivity (Wildman–Crippen MR) is 116 cm³/mol. The second kappa shape index (κ2) is 9.05. The highest BCUT2D eigenvalue weighted by Gasteiger charge is 2.16. The lowest BCUT2D eigenvalue weighted by Gasteiger charge is -2.32. The van der Waals surface area contributed by atoms with Crippen molar-refractivity contribution in [1.29, 1.82) is 0 Å². The number of benzene rings is 2. The molecule has 0 bridgehead atoms. The number of rotatable bonds is 4. The van der Waals surface area contributed by atoms with Crippen molar-refractivity contribution >= 4 is 23.2 Å². The number of anilines is 3. The molecule has 1 saturated heterocycles. The highest BCUT2D eigenvalue weighted by atomic mass is 19.1. The Morgan fingerprint density at radius 3 is 2.32 bits per heavy atom. The molecule has 1 aromatic heterocycles. The number of amides is 2. The van der Waals surface area contributed by atoms with Crippen LogP contribution in [0.15, 0.2) is 54.6 Å². The van der Waals surface area contributed by atoms with E-state index in [2.05, 4.69) is 37.7 Å². The molecule has 7 nitrogen and oxygen atoms in total. The molecule has 4 rings (SSSR count). The first kappa shape index (κ1) is 20.7. The number of hydrogen-bond donors (Lipinski definition) is 2. The van der Waals surface area contributed by atoms with E-state index in [-0.39, 0.29) is 5.69 Å². The largest absolute Gasteiger partial charge is 0.353 e. The highest BCUT2D eigenvalue weighted by molar-refractivity contribution is 5.99. The fraction of sp³-hybridized carbons (Fsp3) is 0.227. The van der Waals surface area contributed by atoms with E-state index in [1.807, 2.05) is 12.1 Å².